The first-order valence-electron chi connectivity index (χ1n) is 9.18. The zero-order valence-corrected chi connectivity index (χ0v) is 16.3. The van der Waals surface area contributed by atoms with E-state index in [0.29, 0.717) is 13.1 Å². The van der Waals surface area contributed by atoms with Crippen LogP contribution in [0.25, 0.3) is 0 Å². The predicted molar refractivity (Wildman–Crippen MR) is 102 cm³/mol. The molecule has 1 aliphatic rings. The number of nitrogens with one attached hydrogen (secondary N) is 1. The Labute approximate surface area is 152 Å². The summed E-state index contributed by atoms with van der Waals surface area (Å²) in [6.45, 7) is 9.16. The Morgan fingerprint density at radius 1 is 1.24 bits per heavy atom. The Morgan fingerprint density at radius 2 is 1.92 bits per heavy atom. The molecule has 0 aromatic heterocycles. The SMILES string of the molecule is Cc1ccc(C(C)(C)NC(=O)N(CCN(C)C)C[C@H]2CCCO2)cc1. The molecule has 5 nitrogen and oxygen atoms in total. The smallest absolute Gasteiger partial charge is 0.318 e. The highest BCUT2D eigenvalue weighted by atomic mass is 16.5. The molecule has 0 aliphatic carbocycles. The summed E-state index contributed by atoms with van der Waals surface area (Å²) in [4.78, 5) is 16.9. The molecular weight excluding hydrogens is 314 g/mol. The van der Waals surface area contributed by atoms with E-state index in [1.165, 1.54) is 5.56 Å². The van der Waals surface area contributed by atoms with Crippen molar-refractivity contribution in [1.29, 1.82) is 0 Å². The summed E-state index contributed by atoms with van der Waals surface area (Å²) in [5, 5.41) is 3.20. The van der Waals surface area contributed by atoms with E-state index < -0.39 is 5.54 Å². The van der Waals surface area contributed by atoms with Crippen LogP contribution in [0.15, 0.2) is 24.3 Å². The van der Waals surface area contributed by atoms with E-state index in [9.17, 15) is 4.79 Å². The number of nitrogens with zero attached hydrogens (tertiary/aromatic N) is 2. The van der Waals surface area contributed by atoms with Gasteiger partial charge in [-0.1, -0.05) is 29.8 Å². The van der Waals surface area contributed by atoms with Crippen molar-refractivity contribution in [1.82, 2.24) is 15.1 Å². The number of hydrogen-bond acceptors (Lipinski definition) is 3. The van der Waals surface area contributed by atoms with E-state index in [1.54, 1.807) is 0 Å². The number of aryl methyl sites for hydroxylation is 1. The van der Waals surface area contributed by atoms with Gasteiger partial charge in [-0.25, -0.2) is 4.79 Å². The second kappa shape index (κ2) is 8.68. The average Bonchev–Trinajstić information content (AvgIpc) is 3.04. The molecule has 2 rings (SSSR count). The maximum atomic E-state index is 12.9. The van der Waals surface area contributed by atoms with Crippen LogP contribution in [-0.2, 0) is 10.3 Å². The molecule has 1 heterocycles. The van der Waals surface area contributed by atoms with Crippen molar-refractivity contribution in [2.24, 2.45) is 0 Å². The topological polar surface area (TPSA) is 44.8 Å². The van der Waals surface area contributed by atoms with Gasteiger partial charge < -0.3 is 19.9 Å². The molecular formula is C20H33N3O2. The largest absolute Gasteiger partial charge is 0.376 e. The van der Waals surface area contributed by atoms with Crippen molar-refractivity contribution in [2.75, 3.05) is 40.3 Å². The maximum Gasteiger partial charge on any atom is 0.318 e. The van der Waals surface area contributed by atoms with Gasteiger partial charge in [-0.2, -0.15) is 0 Å². The average molecular weight is 348 g/mol. The van der Waals surface area contributed by atoms with Crippen LogP contribution in [0.3, 0.4) is 0 Å². The van der Waals surface area contributed by atoms with Crippen molar-refractivity contribution >= 4 is 6.03 Å². The Kier molecular flexibility index (Phi) is 6.85. The minimum absolute atomic E-state index is 0.0251. The number of urea groups is 1. The fourth-order valence-corrected chi connectivity index (χ4v) is 3.02. The predicted octanol–water partition coefficient (Wildman–Crippen LogP) is 2.98. The van der Waals surface area contributed by atoms with Crippen molar-refractivity contribution in [3.8, 4) is 0 Å². The molecule has 0 saturated carbocycles. The van der Waals surface area contributed by atoms with Crippen LogP contribution >= 0.6 is 0 Å². The number of likely N-dealkylation sites (N-methyl/N-ethyl adjacent to an activating group) is 1. The van der Waals surface area contributed by atoms with Gasteiger partial charge >= 0.3 is 6.03 Å². The summed E-state index contributed by atoms with van der Waals surface area (Å²) in [7, 11) is 4.05. The van der Waals surface area contributed by atoms with Gasteiger partial charge in [0.2, 0.25) is 0 Å². The zero-order valence-electron chi connectivity index (χ0n) is 16.3. The third-order valence-corrected chi connectivity index (χ3v) is 4.75. The normalized spacial score (nSPS) is 17.8. The standard InChI is InChI=1S/C20H33N3O2/c1-16-8-10-17(11-9-16)20(2,3)21-19(24)23(13-12-22(4)5)15-18-7-6-14-25-18/h8-11,18H,6-7,12-15H2,1-5H3,(H,21,24)/t18-/m1/s1. The second-order valence-electron chi connectivity index (χ2n) is 7.81. The minimum Gasteiger partial charge on any atom is -0.376 e. The fourth-order valence-electron chi connectivity index (χ4n) is 3.02. The minimum atomic E-state index is -0.419. The van der Waals surface area contributed by atoms with Crippen LogP contribution in [0.5, 0.6) is 0 Å². The molecule has 140 valence electrons. The quantitative estimate of drug-likeness (QED) is 0.825. The Balaban J connectivity index is 2.04. The molecule has 0 unspecified atom stereocenters. The van der Waals surface area contributed by atoms with E-state index in [-0.39, 0.29) is 12.1 Å². The summed E-state index contributed by atoms with van der Waals surface area (Å²) >= 11 is 0. The van der Waals surface area contributed by atoms with Gasteiger partial charge in [0, 0.05) is 26.2 Å². The summed E-state index contributed by atoms with van der Waals surface area (Å²) in [6.07, 6.45) is 2.28. The Hall–Kier alpha value is -1.59. The molecule has 5 heteroatoms. The first kappa shape index (κ1) is 19.7. The van der Waals surface area contributed by atoms with E-state index >= 15 is 0 Å². The van der Waals surface area contributed by atoms with Crippen LogP contribution in [0.4, 0.5) is 4.79 Å². The molecule has 1 saturated heterocycles. The highest BCUT2D eigenvalue weighted by Crippen LogP contribution is 2.21. The molecule has 25 heavy (non-hydrogen) atoms. The Bertz CT molecular complexity index is 549. The van der Waals surface area contributed by atoms with Crippen molar-refractivity contribution in [2.45, 2.75) is 45.3 Å². The molecule has 2 amide bonds. The lowest BCUT2D eigenvalue weighted by Crippen LogP contribution is -2.51. The monoisotopic (exact) mass is 347 g/mol. The van der Waals surface area contributed by atoms with E-state index in [4.69, 9.17) is 4.74 Å². The second-order valence-corrected chi connectivity index (χ2v) is 7.81. The van der Waals surface area contributed by atoms with Crippen LogP contribution < -0.4 is 5.32 Å². The number of hydrogen-bond donors (Lipinski definition) is 1. The van der Waals surface area contributed by atoms with Gasteiger partial charge in [0.05, 0.1) is 11.6 Å². The highest BCUT2D eigenvalue weighted by Gasteiger charge is 2.28. The first-order valence-corrected chi connectivity index (χ1v) is 9.18. The number of rotatable bonds is 7. The molecule has 1 aromatic rings. The van der Waals surface area contributed by atoms with Crippen molar-refractivity contribution in [3.05, 3.63) is 35.4 Å². The molecule has 0 radical (unpaired) electrons. The third-order valence-electron chi connectivity index (χ3n) is 4.75. The van der Waals surface area contributed by atoms with Crippen molar-refractivity contribution < 1.29 is 9.53 Å². The van der Waals surface area contributed by atoms with Crippen LogP contribution in [0.1, 0.15) is 37.8 Å². The molecule has 1 aliphatic heterocycles. The summed E-state index contributed by atoms with van der Waals surface area (Å²) < 4.78 is 5.73. The van der Waals surface area contributed by atoms with E-state index in [0.717, 1.165) is 31.6 Å². The first-order chi connectivity index (χ1) is 11.8. The van der Waals surface area contributed by atoms with Crippen LogP contribution in [-0.4, -0.2) is 62.3 Å². The van der Waals surface area contributed by atoms with Gasteiger partial charge in [-0.15, -0.1) is 0 Å². The number of ether oxygens (including phenoxy) is 1. The lowest BCUT2D eigenvalue weighted by atomic mass is 9.93. The summed E-state index contributed by atoms with van der Waals surface area (Å²) in [6, 6.07) is 8.31. The molecule has 1 atom stereocenters. The fraction of sp³-hybridized carbons (Fsp3) is 0.650. The summed E-state index contributed by atoms with van der Waals surface area (Å²) in [5.41, 5.74) is 1.91. The van der Waals surface area contributed by atoms with Crippen LogP contribution in [0, 0.1) is 6.92 Å². The number of amides is 2. The van der Waals surface area contributed by atoms with Gasteiger partial charge in [0.15, 0.2) is 0 Å². The third kappa shape index (κ3) is 6.01. The van der Waals surface area contributed by atoms with Crippen LogP contribution in [0.2, 0.25) is 0 Å². The van der Waals surface area contributed by atoms with Gasteiger partial charge in [0.25, 0.3) is 0 Å². The molecule has 0 spiro atoms. The van der Waals surface area contributed by atoms with Gasteiger partial charge in [-0.3, -0.25) is 0 Å². The molecule has 1 aromatic carbocycles. The van der Waals surface area contributed by atoms with Crippen molar-refractivity contribution in [3.63, 3.8) is 0 Å². The maximum absolute atomic E-state index is 12.9. The number of carbonyl (C=O) groups is 1. The molecule has 1 fully saturated rings. The Morgan fingerprint density at radius 3 is 2.48 bits per heavy atom. The molecule has 1 N–H and O–H groups in total. The number of carbonyl (C=O) groups excluding carboxylic acids is 1. The van der Waals surface area contributed by atoms with Gasteiger partial charge in [-0.05, 0) is 53.3 Å². The molecule has 0 bridgehead atoms. The number of benzene rings is 1. The van der Waals surface area contributed by atoms with E-state index in [1.807, 2.05) is 32.8 Å². The lowest BCUT2D eigenvalue weighted by Gasteiger charge is -2.33. The lowest BCUT2D eigenvalue weighted by molar-refractivity contribution is 0.0780. The zero-order chi connectivity index (χ0) is 18.4. The highest BCUT2D eigenvalue weighted by molar-refractivity contribution is 5.75. The summed E-state index contributed by atoms with van der Waals surface area (Å²) in [5.74, 6) is 0. The van der Waals surface area contributed by atoms with Gasteiger partial charge in [0.1, 0.15) is 0 Å². The van der Waals surface area contributed by atoms with E-state index in [2.05, 4.69) is 41.4 Å².